The molecule has 6 nitrogen and oxygen atoms in total. The van der Waals surface area contributed by atoms with Crippen molar-refractivity contribution >= 4 is 16.9 Å². The number of hydrogen-bond acceptors (Lipinski definition) is 5. The second-order valence-corrected chi connectivity index (χ2v) is 8.73. The fourth-order valence-electron chi connectivity index (χ4n) is 4.78. The molecule has 2 aromatic carbocycles. The van der Waals surface area contributed by atoms with E-state index < -0.39 is 6.04 Å². The van der Waals surface area contributed by atoms with Crippen LogP contribution in [0.15, 0.2) is 51.7 Å². The first kappa shape index (κ1) is 20.9. The molecule has 5 rings (SSSR count). The van der Waals surface area contributed by atoms with Gasteiger partial charge in [-0.1, -0.05) is 30.3 Å². The summed E-state index contributed by atoms with van der Waals surface area (Å²) in [7, 11) is 0. The number of benzene rings is 2. The van der Waals surface area contributed by atoms with E-state index in [1.54, 1.807) is 0 Å². The zero-order valence-electron chi connectivity index (χ0n) is 18.6. The molecule has 1 fully saturated rings. The summed E-state index contributed by atoms with van der Waals surface area (Å²) in [5.41, 5.74) is 3.83. The monoisotopic (exact) mass is 432 g/mol. The number of carbonyl (C=O) groups is 1. The van der Waals surface area contributed by atoms with E-state index in [0.717, 1.165) is 56.0 Å². The van der Waals surface area contributed by atoms with E-state index in [2.05, 4.69) is 4.90 Å². The van der Waals surface area contributed by atoms with Crippen LogP contribution in [0.25, 0.3) is 11.0 Å². The fourth-order valence-corrected chi connectivity index (χ4v) is 4.78. The van der Waals surface area contributed by atoms with Crippen LogP contribution in [0.1, 0.15) is 45.3 Å². The van der Waals surface area contributed by atoms with Crippen LogP contribution < -0.4 is 5.43 Å². The van der Waals surface area contributed by atoms with Gasteiger partial charge in [0.25, 0.3) is 5.91 Å². The molecule has 1 amide bonds. The van der Waals surface area contributed by atoms with Gasteiger partial charge >= 0.3 is 0 Å². The average Bonchev–Trinajstić information content (AvgIpc) is 3.09. The standard InChI is InChI=1S/C26H28N2O4/c1-17-15-20-21(16-18(17)2)32-25-22(24(20)29)23(19-7-4-3-5-8-19)28(26(25)30)10-6-9-27-11-13-31-14-12-27/h3-5,7-8,15-16,23H,6,9-14H2,1-2H3/t23-/m1/s1. The topological polar surface area (TPSA) is 63.0 Å². The number of fused-ring (bicyclic) bond motifs is 2. The molecular formula is C26H28N2O4. The van der Waals surface area contributed by atoms with E-state index in [-0.39, 0.29) is 17.1 Å². The van der Waals surface area contributed by atoms with Crippen molar-refractivity contribution in [3.05, 3.63) is 80.7 Å². The predicted molar refractivity (Wildman–Crippen MR) is 123 cm³/mol. The van der Waals surface area contributed by atoms with Crippen LogP contribution in [0.5, 0.6) is 0 Å². The van der Waals surface area contributed by atoms with Gasteiger partial charge < -0.3 is 14.1 Å². The second-order valence-electron chi connectivity index (χ2n) is 8.73. The summed E-state index contributed by atoms with van der Waals surface area (Å²) in [6, 6.07) is 13.1. The Balaban J connectivity index is 1.54. The Morgan fingerprint density at radius 1 is 0.969 bits per heavy atom. The molecule has 0 unspecified atom stereocenters. The minimum Gasteiger partial charge on any atom is -0.450 e. The Kier molecular flexibility index (Phi) is 5.57. The van der Waals surface area contributed by atoms with Crippen LogP contribution in [-0.2, 0) is 4.74 Å². The second kappa shape index (κ2) is 8.52. The Labute approximate surface area is 187 Å². The van der Waals surface area contributed by atoms with Crippen LogP contribution >= 0.6 is 0 Å². The van der Waals surface area contributed by atoms with E-state index in [9.17, 15) is 9.59 Å². The molecule has 0 saturated carbocycles. The van der Waals surface area contributed by atoms with E-state index in [0.29, 0.717) is 23.1 Å². The number of nitrogens with zero attached hydrogens (tertiary/aromatic N) is 2. The number of carbonyl (C=O) groups excluding carboxylic acids is 1. The molecular weight excluding hydrogens is 404 g/mol. The van der Waals surface area contributed by atoms with Gasteiger partial charge in [0.2, 0.25) is 5.76 Å². The maximum Gasteiger partial charge on any atom is 0.290 e. The highest BCUT2D eigenvalue weighted by Gasteiger charge is 2.42. The van der Waals surface area contributed by atoms with Crippen LogP contribution in [0, 0.1) is 13.8 Å². The van der Waals surface area contributed by atoms with Gasteiger partial charge in [-0.15, -0.1) is 0 Å². The van der Waals surface area contributed by atoms with Gasteiger partial charge in [0.05, 0.1) is 30.2 Å². The van der Waals surface area contributed by atoms with Crippen molar-refractivity contribution in [1.82, 2.24) is 9.80 Å². The summed E-state index contributed by atoms with van der Waals surface area (Å²) < 4.78 is 11.5. The van der Waals surface area contributed by atoms with E-state index in [1.165, 1.54) is 0 Å². The van der Waals surface area contributed by atoms with Crippen molar-refractivity contribution < 1.29 is 13.9 Å². The number of morpholine rings is 1. The Morgan fingerprint density at radius 2 is 1.69 bits per heavy atom. The minimum absolute atomic E-state index is 0.109. The molecule has 0 bridgehead atoms. The van der Waals surface area contributed by atoms with Gasteiger partial charge in [0.15, 0.2) is 5.43 Å². The van der Waals surface area contributed by atoms with Gasteiger partial charge in [-0.2, -0.15) is 0 Å². The van der Waals surface area contributed by atoms with Crippen LogP contribution in [0.2, 0.25) is 0 Å². The first-order chi connectivity index (χ1) is 15.5. The minimum atomic E-state index is -0.425. The van der Waals surface area contributed by atoms with Crippen LogP contribution in [0.3, 0.4) is 0 Å². The maximum atomic E-state index is 13.6. The Bertz CT molecular complexity index is 1210. The summed E-state index contributed by atoms with van der Waals surface area (Å²) in [6.07, 6.45) is 0.828. The third-order valence-electron chi connectivity index (χ3n) is 6.67. The smallest absolute Gasteiger partial charge is 0.290 e. The number of amides is 1. The molecule has 6 heteroatoms. The third kappa shape index (κ3) is 3.63. The van der Waals surface area contributed by atoms with Gasteiger partial charge in [0, 0.05) is 26.2 Å². The van der Waals surface area contributed by atoms with Crippen LogP contribution in [0.4, 0.5) is 0 Å². The lowest BCUT2D eigenvalue weighted by molar-refractivity contribution is 0.0353. The molecule has 1 atom stereocenters. The summed E-state index contributed by atoms with van der Waals surface area (Å²) in [5, 5.41) is 0.538. The quantitative estimate of drug-likeness (QED) is 0.616. The average molecular weight is 433 g/mol. The maximum absolute atomic E-state index is 13.6. The SMILES string of the molecule is Cc1cc2oc3c(c(=O)c2cc1C)[C@@H](c1ccccc1)N(CCCN1CCOCC1)C3=O. The van der Waals surface area contributed by atoms with Crippen molar-refractivity contribution in [1.29, 1.82) is 0 Å². The lowest BCUT2D eigenvalue weighted by Crippen LogP contribution is -2.38. The molecule has 32 heavy (non-hydrogen) atoms. The van der Waals surface area contributed by atoms with Crippen molar-refractivity contribution in [2.75, 3.05) is 39.4 Å². The van der Waals surface area contributed by atoms with Crippen molar-refractivity contribution in [2.45, 2.75) is 26.3 Å². The molecule has 2 aliphatic heterocycles. The molecule has 3 aromatic rings. The summed E-state index contributed by atoms with van der Waals surface area (Å²) in [4.78, 5) is 31.3. The van der Waals surface area contributed by atoms with Gasteiger partial charge in [0.1, 0.15) is 5.58 Å². The highest BCUT2D eigenvalue weighted by Crippen LogP contribution is 2.38. The normalized spacial score (nSPS) is 19.0. The summed E-state index contributed by atoms with van der Waals surface area (Å²) in [6.45, 7) is 8.77. The van der Waals surface area contributed by atoms with Gasteiger partial charge in [-0.05, 0) is 49.1 Å². The van der Waals surface area contributed by atoms with Crippen molar-refractivity contribution in [3.8, 4) is 0 Å². The molecule has 2 aliphatic rings. The lowest BCUT2D eigenvalue weighted by atomic mass is 9.97. The summed E-state index contributed by atoms with van der Waals surface area (Å²) >= 11 is 0. The fraction of sp³-hybridized carbons (Fsp3) is 0.385. The van der Waals surface area contributed by atoms with Gasteiger partial charge in [-0.3, -0.25) is 14.5 Å². The third-order valence-corrected chi connectivity index (χ3v) is 6.67. The van der Waals surface area contributed by atoms with Crippen molar-refractivity contribution in [2.24, 2.45) is 0 Å². The molecule has 0 spiro atoms. The van der Waals surface area contributed by atoms with Crippen molar-refractivity contribution in [3.63, 3.8) is 0 Å². The number of hydrogen-bond donors (Lipinski definition) is 0. The molecule has 0 radical (unpaired) electrons. The molecule has 0 N–H and O–H groups in total. The number of rotatable bonds is 5. The number of ether oxygens (including phenoxy) is 1. The van der Waals surface area contributed by atoms with E-state index >= 15 is 0 Å². The van der Waals surface area contributed by atoms with E-state index in [1.807, 2.05) is 61.2 Å². The largest absolute Gasteiger partial charge is 0.450 e. The highest BCUT2D eigenvalue weighted by molar-refractivity contribution is 5.99. The first-order valence-electron chi connectivity index (χ1n) is 11.3. The van der Waals surface area contributed by atoms with Crippen LogP contribution in [-0.4, -0.2) is 55.1 Å². The Hall–Kier alpha value is -2.96. The van der Waals surface area contributed by atoms with Gasteiger partial charge in [-0.25, -0.2) is 0 Å². The molecule has 3 heterocycles. The Morgan fingerprint density at radius 3 is 2.44 bits per heavy atom. The molecule has 1 aromatic heterocycles. The van der Waals surface area contributed by atoms with E-state index in [4.69, 9.17) is 9.15 Å². The molecule has 1 saturated heterocycles. The zero-order valence-corrected chi connectivity index (χ0v) is 18.6. The lowest BCUT2D eigenvalue weighted by Gasteiger charge is -2.29. The zero-order chi connectivity index (χ0) is 22.2. The number of aryl methyl sites for hydroxylation is 2. The molecule has 0 aliphatic carbocycles. The molecule has 166 valence electrons. The summed E-state index contributed by atoms with van der Waals surface area (Å²) in [5.74, 6) is -0.0148. The highest BCUT2D eigenvalue weighted by atomic mass is 16.5. The first-order valence-corrected chi connectivity index (χ1v) is 11.3. The predicted octanol–water partition coefficient (Wildman–Crippen LogP) is 3.68.